The number of benzene rings is 1. The molecule has 1 aliphatic rings. The molecule has 0 bridgehead atoms. The number of rotatable bonds is 1. The fourth-order valence-electron chi connectivity index (χ4n) is 3.01. The summed E-state index contributed by atoms with van der Waals surface area (Å²) in [5.41, 5.74) is 7.34. The van der Waals surface area contributed by atoms with E-state index in [1.54, 1.807) is 6.20 Å². The van der Waals surface area contributed by atoms with Crippen molar-refractivity contribution in [3.63, 3.8) is 0 Å². The third-order valence-electron chi connectivity index (χ3n) is 3.96. The number of pyridine rings is 1. The first-order valence-electron chi connectivity index (χ1n) is 6.99. The molecule has 0 aliphatic heterocycles. The van der Waals surface area contributed by atoms with Crippen molar-refractivity contribution in [2.75, 3.05) is 0 Å². The summed E-state index contributed by atoms with van der Waals surface area (Å²) in [5, 5.41) is 7.79. The Labute approximate surface area is 117 Å². The Morgan fingerprint density at radius 2 is 1.95 bits per heavy atom. The van der Waals surface area contributed by atoms with Crippen LogP contribution in [0.3, 0.4) is 0 Å². The molecule has 0 saturated heterocycles. The number of H-pyrrole nitrogens is 1. The fourth-order valence-corrected chi connectivity index (χ4v) is 3.01. The molecule has 4 rings (SSSR count). The highest BCUT2D eigenvalue weighted by molar-refractivity contribution is 5.76. The van der Waals surface area contributed by atoms with E-state index in [1.165, 1.54) is 22.4 Å². The van der Waals surface area contributed by atoms with Crippen molar-refractivity contribution in [1.29, 1.82) is 0 Å². The molecule has 2 aromatic heterocycles. The van der Waals surface area contributed by atoms with E-state index in [-0.39, 0.29) is 0 Å². The van der Waals surface area contributed by atoms with Crippen LogP contribution in [0.25, 0.3) is 22.5 Å². The Bertz CT molecular complexity index is 744. The molecular formula is C17H15N3. The van der Waals surface area contributed by atoms with E-state index in [0.717, 1.165) is 30.5 Å². The zero-order valence-corrected chi connectivity index (χ0v) is 11.1. The quantitative estimate of drug-likeness (QED) is 0.726. The van der Waals surface area contributed by atoms with E-state index in [9.17, 15) is 0 Å². The molecular weight excluding hydrogens is 246 g/mol. The van der Waals surface area contributed by atoms with Crippen LogP contribution in [-0.4, -0.2) is 15.2 Å². The van der Waals surface area contributed by atoms with Gasteiger partial charge in [0, 0.05) is 29.1 Å². The summed E-state index contributed by atoms with van der Waals surface area (Å²) in [7, 11) is 0. The lowest BCUT2D eigenvalue weighted by Gasteiger charge is -2.04. The third kappa shape index (κ3) is 1.74. The number of nitrogens with one attached hydrogen (secondary N) is 1. The van der Waals surface area contributed by atoms with Gasteiger partial charge < -0.3 is 0 Å². The van der Waals surface area contributed by atoms with Gasteiger partial charge in [-0.25, -0.2) is 0 Å². The Morgan fingerprint density at radius 3 is 2.85 bits per heavy atom. The van der Waals surface area contributed by atoms with Crippen molar-refractivity contribution >= 4 is 0 Å². The van der Waals surface area contributed by atoms with Crippen LogP contribution >= 0.6 is 0 Å². The Kier molecular flexibility index (Phi) is 2.62. The Balaban J connectivity index is 1.92. The summed E-state index contributed by atoms with van der Waals surface area (Å²) < 4.78 is 0. The molecule has 3 heteroatoms. The van der Waals surface area contributed by atoms with E-state index in [2.05, 4.69) is 45.5 Å². The number of aryl methyl sites for hydroxylation is 1. The van der Waals surface area contributed by atoms with Crippen LogP contribution in [-0.2, 0) is 12.8 Å². The van der Waals surface area contributed by atoms with Crippen molar-refractivity contribution in [3.8, 4) is 22.5 Å². The SMILES string of the molecule is c1cncc(-c2n[nH]c3c2CCCc2ccccc2-3)c1. The first-order valence-corrected chi connectivity index (χ1v) is 6.99. The molecule has 20 heavy (non-hydrogen) atoms. The van der Waals surface area contributed by atoms with Gasteiger partial charge >= 0.3 is 0 Å². The van der Waals surface area contributed by atoms with Crippen LogP contribution in [0.5, 0.6) is 0 Å². The summed E-state index contributed by atoms with van der Waals surface area (Å²) in [6.07, 6.45) is 7.03. The number of aromatic nitrogens is 3. The molecule has 0 amide bonds. The van der Waals surface area contributed by atoms with Crippen LogP contribution in [0, 0.1) is 0 Å². The van der Waals surface area contributed by atoms with Crippen LogP contribution in [0.2, 0.25) is 0 Å². The zero-order valence-electron chi connectivity index (χ0n) is 11.1. The van der Waals surface area contributed by atoms with Gasteiger partial charge in [0.15, 0.2) is 0 Å². The van der Waals surface area contributed by atoms with Crippen LogP contribution < -0.4 is 0 Å². The highest BCUT2D eigenvalue weighted by atomic mass is 15.1. The largest absolute Gasteiger partial charge is 0.277 e. The smallest absolute Gasteiger partial charge is 0.0974 e. The number of nitrogens with zero attached hydrogens (tertiary/aromatic N) is 2. The molecule has 1 aromatic carbocycles. The van der Waals surface area contributed by atoms with Gasteiger partial charge in [0.05, 0.1) is 11.4 Å². The molecule has 98 valence electrons. The van der Waals surface area contributed by atoms with Gasteiger partial charge in [-0.3, -0.25) is 10.1 Å². The molecule has 1 aliphatic carbocycles. The molecule has 0 unspecified atom stereocenters. The van der Waals surface area contributed by atoms with E-state index in [1.807, 2.05) is 12.3 Å². The maximum absolute atomic E-state index is 4.54. The van der Waals surface area contributed by atoms with Crippen molar-refractivity contribution < 1.29 is 0 Å². The molecule has 0 spiro atoms. The Hall–Kier alpha value is -2.42. The normalized spacial score (nSPS) is 13.4. The summed E-state index contributed by atoms with van der Waals surface area (Å²) >= 11 is 0. The second kappa shape index (κ2) is 4.60. The van der Waals surface area contributed by atoms with Gasteiger partial charge in [0.2, 0.25) is 0 Å². The highest BCUT2D eigenvalue weighted by Crippen LogP contribution is 2.35. The third-order valence-corrected chi connectivity index (χ3v) is 3.96. The van der Waals surface area contributed by atoms with E-state index in [4.69, 9.17) is 0 Å². The maximum atomic E-state index is 4.54. The van der Waals surface area contributed by atoms with Gasteiger partial charge in [-0.15, -0.1) is 0 Å². The monoisotopic (exact) mass is 261 g/mol. The standard InChI is InChI=1S/C17H15N3/c1-2-8-14-12(5-1)6-3-9-15-16(19-20-17(14)15)13-7-4-10-18-11-13/h1-2,4-5,7-8,10-11H,3,6,9H2,(H,19,20). The van der Waals surface area contributed by atoms with Gasteiger partial charge in [-0.05, 0) is 37.0 Å². The zero-order chi connectivity index (χ0) is 13.4. The van der Waals surface area contributed by atoms with E-state index >= 15 is 0 Å². The second-order valence-corrected chi connectivity index (χ2v) is 5.18. The molecule has 3 aromatic rings. The lowest BCUT2D eigenvalue weighted by molar-refractivity contribution is 0.835. The van der Waals surface area contributed by atoms with Gasteiger partial charge in [-0.2, -0.15) is 5.10 Å². The lowest BCUT2D eigenvalue weighted by atomic mass is 10.0. The van der Waals surface area contributed by atoms with Gasteiger partial charge in [-0.1, -0.05) is 24.3 Å². The summed E-state index contributed by atoms with van der Waals surface area (Å²) in [4.78, 5) is 4.20. The molecule has 3 nitrogen and oxygen atoms in total. The van der Waals surface area contributed by atoms with Crippen LogP contribution in [0.1, 0.15) is 17.5 Å². The van der Waals surface area contributed by atoms with Crippen molar-refractivity contribution in [1.82, 2.24) is 15.2 Å². The number of fused-ring (bicyclic) bond motifs is 3. The van der Waals surface area contributed by atoms with E-state index in [0.29, 0.717) is 0 Å². The molecule has 0 atom stereocenters. The Morgan fingerprint density at radius 1 is 1.00 bits per heavy atom. The molecule has 2 heterocycles. The molecule has 0 radical (unpaired) electrons. The van der Waals surface area contributed by atoms with Gasteiger partial charge in [0.25, 0.3) is 0 Å². The topological polar surface area (TPSA) is 41.6 Å². The van der Waals surface area contributed by atoms with Crippen LogP contribution in [0.15, 0.2) is 48.8 Å². The predicted octanol–water partition coefficient (Wildman–Crippen LogP) is 3.63. The van der Waals surface area contributed by atoms with Gasteiger partial charge in [0.1, 0.15) is 0 Å². The number of hydrogen-bond donors (Lipinski definition) is 1. The minimum atomic E-state index is 1.05. The average molecular weight is 261 g/mol. The van der Waals surface area contributed by atoms with Crippen molar-refractivity contribution in [3.05, 3.63) is 59.9 Å². The summed E-state index contributed by atoms with van der Waals surface area (Å²) in [6, 6.07) is 12.6. The molecule has 0 saturated carbocycles. The molecule has 1 N–H and O–H groups in total. The predicted molar refractivity (Wildman–Crippen MR) is 79.3 cm³/mol. The molecule has 0 fully saturated rings. The van der Waals surface area contributed by atoms with Crippen LogP contribution in [0.4, 0.5) is 0 Å². The highest BCUT2D eigenvalue weighted by Gasteiger charge is 2.20. The first-order chi connectivity index (χ1) is 9.93. The maximum Gasteiger partial charge on any atom is 0.0974 e. The minimum absolute atomic E-state index is 1.05. The fraction of sp³-hybridized carbons (Fsp3) is 0.176. The summed E-state index contributed by atoms with van der Waals surface area (Å²) in [5.74, 6) is 0. The van der Waals surface area contributed by atoms with Crippen molar-refractivity contribution in [2.24, 2.45) is 0 Å². The average Bonchev–Trinajstić information content (AvgIpc) is 2.84. The van der Waals surface area contributed by atoms with E-state index < -0.39 is 0 Å². The lowest BCUT2D eigenvalue weighted by Crippen LogP contribution is -1.89. The second-order valence-electron chi connectivity index (χ2n) is 5.18. The number of hydrogen-bond acceptors (Lipinski definition) is 2. The first kappa shape index (κ1) is 11.4. The number of aromatic amines is 1. The summed E-state index contributed by atoms with van der Waals surface area (Å²) in [6.45, 7) is 0. The van der Waals surface area contributed by atoms with Crippen molar-refractivity contribution in [2.45, 2.75) is 19.3 Å². The minimum Gasteiger partial charge on any atom is -0.277 e.